The smallest absolute Gasteiger partial charge is 0.435 e. The number of aromatic nitrogens is 2. The predicted octanol–water partition coefficient (Wildman–Crippen LogP) is 2.70. The fourth-order valence-corrected chi connectivity index (χ4v) is 1.17. The highest BCUT2D eigenvalue weighted by molar-refractivity contribution is 5.33. The van der Waals surface area contributed by atoms with Crippen molar-refractivity contribution >= 4 is 5.82 Å². The van der Waals surface area contributed by atoms with E-state index in [1.54, 1.807) is 12.1 Å². The zero-order chi connectivity index (χ0) is 12.3. The summed E-state index contributed by atoms with van der Waals surface area (Å²) >= 11 is 0. The van der Waals surface area contributed by atoms with Gasteiger partial charge in [0, 0.05) is 0 Å². The van der Waals surface area contributed by atoms with Crippen LogP contribution in [-0.2, 0) is 12.7 Å². The summed E-state index contributed by atoms with van der Waals surface area (Å²) in [5.41, 5.74) is -1.01. The van der Waals surface area contributed by atoms with E-state index in [1.165, 1.54) is 12.3 Å². The maximum absolute atomic E-state index is 12.2. The summed E-state index contributed by atoms with van der Waals surface area (Å²) in [4.78, 5) is 0. The van der Waals surface area contributed by atoms with E-state index in [9.17, 15) is 13.2 Å². The van der Waals surface area contributed by atoms with E-state index < -0.39 is 11.9 Å². The number of furan rings is 1. The minimum absolute atomic E-state index is 0.259. The zero-order valence-corrected chi connectivity index (χ0v) is 8.53. The molecular formula is C10H8F3N3O. The van der Waals surface area contributed by atoms with Crippen molar-refractivity contribution in [2.45, 2.75) is 12.7 Å². The average Bonchev–Trinajstić information content (AvgIpc) is 2.78. The number of rotatable bonds is 3. The summed E-state index contributed by atoms with van der Waals surface area (Å²) in [5.74, 6) is 0.918. The molecule has 4 nitrogen and oxygen atoms in total. The van der Waals surface area contributed by atoms with Gasteiger partial charge in [-0.3, -0.25) is 0 Å². The van der Waals surface area contributed by atoms with E-state index in [0.717, 1.165) is 6.07 Å². The van der Waals surface area contributed by atoms with Gasteiger partial charge in [0.05, 0.1) is 12.8 Å². The Kier molecular flexibility index (Phi) is 2.99. The fourth-order valence-electron chi connectivity index (χ4n) is 1.17. The van der Waals surface area contributed by atoms with Crippen LogP contribution in [0.2, 0.25) is 0 Å². The van der Waals surface area contributed by atoms with Crippen molar-refractivity contribution in [1.29, 1.82) is 0 Å². The van der Waals surface area contributed by atoms with Gasteiger partial charge in [-0.1, -0.05) is 0 Å². The van der Waals surface area contributed by atoms with Gasteiger partial charge in [-0.05, 0) is 24.3 Å². The minimum Gasteiger partial charge on any atom is -0.467 e. The maximum atomic E-state index is 12.2. The van der Waals surface area contributed by atoms with Crippen LogP contribution in [0.3, 0.4) is 0 Å². The van der Waals surface area contributed by atoms with Gasteiger partial charge in [0.15, 0.2) is 5.69 Å². The summed E-state index contributed by atoms with van der Waals surface area (Å²) in [5, 5.41) is 9.29. The van der Waals surface area contributed by atoms with Gasteiger partial charge in [0.2, 0.25) is 0 Å². The van der Waals surface area contributed by atoms with E-state index in [0.29, 0.717) is 12.3 Å². The largest absolute Gasteiger partial charge is 0.467 e. The third kappa shape index (κ3) is 2.96. The van der Waals surface area contributed by atoms with E-state index in [4.69, 9.17) is 4.42 Å². The highest BCUT2D eigenvalue weighted by atomic mass is 19.4. The molecule has 17 heavy (non-hydrogen) atoms. The quantitative estimate of drug-likeness (QED) is 0.900. The van der Waals surface area contributed by atoms with Gasteiger partial charge in [0.1, 0.15) is 11.6 Å². The summed E-state index contributed by atoms with van der Waals surface area (Å²) in [6.07, 6.45) is -2.96. The number of anilines is 1. The van der Waals surface area contributed by atoms with Crippen molar-refractivity contribution in [3.63, 3.8) is 0 Å². The Morgan fingerprint density at radius 2 is 2.00 bits per heavy atom. The van der Waals surface area contributed by atoms with Gasteiger partial charge in [-0.25, -0.2) is 0 Å². The van der Waals surface area contributed by atoms with E-state index in [-0.39, 0.29) is 5.82 Å². The third-order valence-corrected chi connectivity index (χ3v) is 1.98. The molecule has 0 spiro atoms. The number of alkyl halides is 3. The molecule has 0 fully saturated rings. The molecule has 0 unspecified atom stereocenters. The molecule has 0 aliphatic heterocycles. The Bertz CT molecular complexity index is 465. The van der Waals surface area contributed by atoms with Gasteiger partial charge in [0.25, 0.3) is 0 Å². The van der Waals surface area contributed by atoms with Crippen molar-refractivity contribution in [2.75, 3.05) is 5.32 Å². The van der Waals surface area contributed by atoms with Gasteiger partial charge >= 0.3 is 6.18 Å². The van der Waals surface area contributed by atoms with E-state index in [1.807, 2.05) is 0 Å². The number of hydrogen-bond acceptors (Lipinski definition) is 4. The second-order valence-corrected chi connectivity index (χ2v) is 3.23. The molecule has 90 valence electrons. The van der Waals surface area contributed by atoms with E-state index >= 15 is 0 Å². The first-order valence-corrected chi connectivity index (χ1v) is 4.73. The Morgan fingerprint density at radius 3 is 2.53 bits per heavy atom. The van der Waals surface area contributed by atoms with Crippen LogP contribution in [0.1, 0.15) is 11.5 Å². The van der Waals surface area contributed by atoms with Crippen LogP contribution in [0.15, 0.2) is 34.9 Å². The molecule has 0 bridgehead atoms. The number of nitrogens with one attached hydrogen (secondary N) is 1. The first kappa shape index (κ1) is 11.4. The normalized spacial score (nSPS) is 11.5. The molecule has 0 amide bonds. The Hall–Kier alpha value is -2.05. The highest BCUT2D eigenvalue weighted by Crippen LogP contribution is 2.27. The molecule has 2 aromatic heterocycles. The van der Waals surface area contributed by atoms with Crippen LogP contribution in [-0.4, -0.2) is 10.2 Å². The minimum atomic E-state index is -4.47. The number of halogens is 3. The van der Waals surface area contributed by atoms with Crippen LogP contribution >= 0.6 is 0 Å². The molecule has 0 atom stereocenters. The summed E-state index contributed by atoms with van der Waals surface area (Å²) in [6, 6.07) is 5.55. The molecule has 0 aromatic carbocycles. The van der Waals surface area contributed by atoms with Gasteiger partial charge < -0.3 is 9.73 Å². The van der Waals surface area contributed by atoms with Crippen LogP contribution in [0.4, 0.5) is 19.0 Å². The maximum Gasteiger partial charge on any atom is 0.435 e. The molecule has 2 heterocycles. The second-order valence-electron chi connectivity index (χ2n) is 3.23. The topological polar surface area (TPSA) is 51.0 Å². The first-order chi connectivity index (χ1) is 8.05. The summed E-state index contributed by atoms with van der Waals surface area (Å²) in [6.45, 7) is 0.340. The Labute approximate surface area is 94.5 Å². The lowest BCUT2D eigenvalue weighted by atomic mass is 10.3. The van der Waals surface area contributed by atoms with Crippen molar-refractivity contribution in [2.24, 2.45) is 0 Å². The molecule has 1 N–H and O–H groups in total. The van der Waals surface area contributed by atoms with Gasteiger partial charge in [-0.15, -0.1) is 10.2 Å². The van der Waals surface area contributed by atoms with E-state index in [2.05, 4.69) is 15.5 Å². The molecule has 2 aromatic rings. The molecule has 0 saturated heterocycles. The lowest BCUT2D eigenvalue weighted by Gasteiger charge is -2.06. The summed E-state index contributed by atoms with van der Waals surface area (Å²) in [7, 11) is 0. The monoisotopic (exact) mass is 243 g/mol. The van der Waals surface area contributed by atoms with Gasteiger partial charge in [-0.2, -0.15) is 13.2 Å². The lowest BCUT2D eigenvalue weighted by molar-refractivity contribution is -0.141. The molecule has 0 aliphatic carbocycles. The predicted molar refractivity (Wildman–Crippen MR) is 53.1 cm³/mol. The Morgan fingerprint density at radius 1 is 1.18 bits per heavy atom. The first-order valence-electron chi connectivity index (χ1n) is 4.73. The van der Waals surface area contributed by atoms with Crippen LogP contribution in [0, 0.1) is 0 Å². The molecule has 7 heteroatoms. The fraction of sp³-hybridized carbons (Fsp3) is 0.200. The standard InChI is InChI=1S/C10H8F3N3O/c11-10(12,13)8-3-4-9(16-15-8)14-6-7-2-1-5-17-7/h1-5H,6H2,(H,14,16). The van der Waals surface area contributed by atoms with Crippen LogP contribution in [0.5, 0.6) is 0 Å². The van der Waals surface area contributed by atoms with Crippen molar-refractivity contribution in [3.8, 4) is 0 Å². The zero-order valence-electron chi connectivity index (χ0n) is 8.53. The molecule has 2 rings (SSSR count). The van der Waals surface area contributed by atoms with Crippen LogP contribution < -0.4 is 5.32 Å². The van der Waals surface area contributed by atoms with Crippen molar-refractivity contribution in [1.82, 2.24) is 10.2 Å². The molecule has 0 aliphatic rings. The molecular weight excluding hydrogens is 235 g/mol. The number of nitrogens with zero attached hydrogens (tertiary/aromatic N) is 2. The molecule has 0 saturated carbocycles. The summed E-state index contributed by atoms with van der Waals surface area (Å²) < 4.78 is 41.6. The van der Waals surface area contributed by atoms with Crippen molar-refractivity contribution in [3.05, 3.63) is 42.0 Å². The van der Waals surface area contributed by atoms with Crippen LogP contribution in [0.25, 0.3) is 0 Å². The Balaban J connectivity index is 1.99. The highest BCUT2D eigenvalue weighted by Gasteiger charge is 2.32. The second kappa shape index (κ2) is 4.44. The number of hydrogen-bond donors (Lipinski definition) is 1. The lowest BCUT2D eigenvalue weighted by Crippen LogP contribution is -2.10. The molecule has 0 radical (unpaired) electrons. The SMILES string of the molecule is FC(F)(F)c1ccc(NCc2ccco2)nn1. The average molecular weight is 243 g/mol. The third-order valence-electron chi connectivity index (χ3n) is 1.98. The van der Waals surface area contributed by atoms with Crippen molar-refractivity contribution < 1.29 is 17.6 Å².